The molecule has 1 amide bonds. The van der Waals surface area contributed by atoms with E-state index in [1.807, 2.05) is 31.2 Å². The quantitative estimate of drug-likeness (QED) is 0.470. The summed E-state index contributed by atoms with van der Waals surface area (Å²) in [5, 5.41) is 23.4. The van der Waals surface area contributed by atoms with Crippen LogP contribution in [0.5, 0.6) is 11.5 Å². The van der Waals surface area contributed by atoms with Crippen LogP contribution < -0.4 is 5.43 Å². The second-order valence-corrected chi connectivity index (χ2v) is 6.88. The molecule has 5 nitrogen and oxygen atoms in total. The zero-order valence-electron chi connectivity index (χ0n) is 12.9. The maximum atomic E-state index is 11.8. The first-order chi connectivity index (χ1) is 11.4. The fraction of sp³-hybridized carbons (Fsp3) is 0.176. The minimum Gasteiger partial charge on any atom is -0.506 e. The number of hydrogen-bond acceptors (Lipinski definition) is 4. The summed E-state index contributed by atoms with van der Waals surface area (Å²) in [5.74, 6) is -0.483. The maximum absolute atomic E-state index is 11.8. The van der Waals surface area contributed by atoms with Crippen LogP contribution in [0.2, 0.25) is 0 Å². The molecule has 0 unspecified atom stereocenters. The van der Waals surface area contributed by atoms with E-state index in [0.717, 1.165) is 5.56 Å². The Morgan fingerprint density at radius 3 is 2.54 bits per heavy atom. The van der Waals surface area contributed by atoms with Gasteiger partial charge in [-0.3, -0.25) is 4.79 Å². The van der Waals surface area contributed by atoms with E-state index in [-0.39, 0.29) is 21.9 Å². The van der Waals surface area contributed by atoms with E-state index in [2.05, 4.69) is 42.4 Å². The van der Waals surface area contributed by atoms with Crippen molar-refractivity contribution in [3.63, 3.8) is 0 Å². The smallest absolute Gasteiger partial charge is 0.240 e. The number of hydrazone groups is 1. The molecule has 3 N–H and O–H groups in total. The number of benzene rings is 2. The van der Waals surface area contributed by atoms with Gasteiger partial charge < -0.3 is 10.2 Å². The highest BCUT2D eigenvalue weighted by Gasteiger charge is 2.12. The molecular weight excluding hydrogens is 440 g/mol. The first-order valence-electron chi connectivity index (χ1n) is 7.16. The van der Waals surface area contributed by atoms with Gasteiger partial charge >= 0.3 is 0 Å². The van der Waals surface area contributed by atoms with Crippen molar-refractivity contribution < 1.29 is 15.0 Å². The van der Waals surface area contributed by atoms with Crippen LogP contribution in [0.4, 0.5) is 0 Å². The van der Waals surface area contributed by atoms with Crippen molar-refractivity contribution in [2.75, 3.05) is 0 Å². The van der Waals surface area contributed by atoms with E-state index in [4.69, 9.17) is 0 Å². The lowest BCUT2D eigenvalue weighted by Gasteiger charge is -2.06. The summed E-state index contributed by atoms with van der Waals surface area (Å²) in [6.45, 7) is 2.01. The molecule has 24 heavy (non-hydrogen) atoms. The fourth-order valence-corrected chi connectivity index (χ4v) is 3.11. The van der Waals surface area contributed by atoms with Crippen LogP contribution in [0.25, 0.3) is 0 Å². The maximum Gasteiger partial charge on any atom is 0.240 e. The molecule has 126 valence electrons. The molecule has 0 saturated heterocycles. The van der Waals surface area contributed by atoms with E-state index in [1.54, 1.807) is 0 Å². The van der Waals surface area contributed by atoms with Gasteiger partial charge in [0, 0.05) is 12.0 Å². The number of rotatable bonds is 5. The standard InChI is InChI=1S/C17H16Br2N2O3/c1-10-2-4-11(5-3-10)6-7-14(22)21-20-9-12-8-13(18)17(24)15(19)16(12)23/h2-5,8-9,23-24H,6-7H2,1H3,(H,21,22)/b20-9+. The Kier molecular flexibility index (Phi) is 6.39. The van der Waals surface area contributed by atoms with Crippen molar-refractivity contribution in [3.8, 4) is 11.5 Å². The lowest BCUT2D eigenvalue weighted by Crippen LogP contribution is -2.17. The average molecular weight is 456 g/mol. The molecule has 0 fully saturated rings. The Labute approximate surface area is 156 Å². The average Bonchev–Trinajstić information content (AvgIpc) is 2.57. The van der Waals surface area contributed by atoms with E-state index >= 15 is 0 Å². The van der Waals surface area contributed by atoms with Gasteiger partial charge in [0.05, 0.1) is 10.7 Å². The molecule has 0 spiro atoms. The zero-order valence-corrected chi connectivity index (χ0v) is 16.1. The normalized spacial score (nSPS) is 11.0. The van der Waals surface area contributed by atoms with Crippen molar-refractivity contribution in [1.29, 1.82) is 0 Å². The molecule has 0 aliphatic heterocycles. The lowest BCUT2D eigenvalue weighted by atomic mass is 10.1. The fourth-order valence-electron chi connectivity index (χ4n) is 1.96. The van der Waals surface area contributed by atoms with Crippen LogP contribution in [0.3, 0.4) is 0 Å². The second-order valence-electron chi connectivity index (χ2n) is 5.24. The minimum absolute atomic E-state index is 0.105. The molecule has 7 heteroatoms. The molecular formula is C17H16Br2N2O3. The van der Waals surface area contributed by atoms with Crippen molar-refractivity contribution in [2.24, 2.45) is 5.10 Å². The summed E-state index contributed by atoms with van der Waals surface area (Å²) >= 11 is 6.25. The number of carbonyl (C=O) groups is 1. The first kappa shape index (κ1) is 18.5. The van der Waals surface area contributed by atoms with Gasteiger partial charge in [-0.15, -0.1) is 0 Å². The van der Waals surface area contributed by atoms with Crippen LogP contribution >= 0.6 is 31.9 Å². The molecule has 0 radical (unpaired) electrons. The number of halogens is 2. The predicted octanol–water partition coefficient (Wildman–Crippen LogP) is 4.01. The molecule has 0 aliphatic carbocycles. The number of nitrogens with zero attached hydrogens (tertiary/aromatic N) is 1. The molecule has 0 bridgehead atoms. The van der Waals surface area contributed by atoms with Crippen molar-refractivity contribution in [3.05, 3.63) is 56.0 Å². The van der Waals surface area contributed by atoms with Gasteiger partial charge in [-0.2, -0.15) is 5.10 Å². The number of carbonyl (C=O) groups excluding carboxylic acids is 1. The van der Waals surface area contributed by atoms with Crippen molar-refractivity contribution in [2.45, 2.75) is 19.8 Å². The minimum atomic E-state index is -0.219. The predicted molar refractivity (Wildman–Crippen MR) is 100 cm³/mol. The van der Waals surface area contributed by atoms with E-state index in [0.29, 0.717) is 22.9 Å². The highest BCUT2D eigenvalue weighted by molar-refractivity contribution is 9.11. The summed E-state index contributed by atoms with van der Waals surface area (Å²) < 4.78 is 0.559. The Morgan fingerprint density at radius 1 is 1.21 bits per heavy atom. The number of hydrogen-bond donors (Lipinski definition) is 3. The summed E-state index contributed by atoms with van der Waals surface area (Å²) in [5.41, 5.74) is 5.04. The SMILES string of the molecule is Cc1ccc(CCC(=O)N/N=C/c2cc(Br)c(O)c(Br)c2O)cc1. The Bertz CT molecular complexity index is 774. The lowest BCUT2D eigenvalue weighted by molar-refractivity contribution is -0.121. The van der Waals surface area contributed by atoms with E-state index in [9.17, 15) is 15.0 Å². The molecule has 2 aromatic carbocycles. The van der Waals surface area contributed by atoms with E-state index < -0.39 is 0 Å². The highest BCUT2D eigenvalue weighted by atomic mass is 79.9. The first-order valence-corrected chi connectivity index (χ1v) is 8.74. The van der Waals surface area contributed by atoms with Crippen LogP contribution in [-0.2, 0) is 11.2 Å². The summed E-state index contributed by atoms with van der Waals surface area (Å²) in [7, 11) is 0. The van der Waals surface area contributed by atoms with Gasteiger partial charge in [-0.05, 0) is 56.8 Å². The largest absolute Gasteiger partial charge is 0.506 e. The third kappa shape index (κ3) is 4.82. The number of amides is 1. The third-order valence-corrected chi connectivity index (χ3v) is 4.71. The topological polar surface area (TPSA) is 81.9 Å². The molecule has 0 heterocycles. The van der Waals surface area contributed by atoms with Crippen LogP contribution in [-0.4, -0.2) is 22.3 Å². The van der Waals surface area contributed by atoms with Crippen LogP contribution in [0.15, 0.2) is 44.4 Å². The van der Waals surface area contributed by atoms with Crippen LogP contribution in [0, 0.1) is 6.92 Å². The molecule has 0 aromatic heterocycles. The summed E-state index contributed by atoms with van der Waals surface area (Å²) in [6, 6.07) is 9.51. The number of phenolic OH excluding ortho intramolecular Hbond substituents is 2. The molecule has 2 rings (SSSR count). The van der Waals surface area contributed by atoms with E-state index in [1.165, 1.54) is 17.8 Å². The van der Waals surface area contributed by atoms with Gasteiger partial charge in [0.2, 0.25) is 5.91 Å². The van der Waals surface area contributed by atoms with Crippen molar-refractivity contribution >= 4 is 44.0 Å². The molecule has 0 atom stereocenters. The summed E-state index contributed by atoms with van der Waals surface area (Å²) in [4.78, 5) is 11.8. The highest BCUT2D eigenvalue weighted by Crippen LogP contribution is 2.40. The number of phenols is 2. The zero-order chi connectivity index (χ0) is 17.7. The Balaban J connectivity index is 1.92. The molecule has 2 aromatic rings. The van der Waals surface area contributed by atoms with Gasteiger partial charge in [0.1, 0.15) is 16.0 Å². The Morgan fingerprint density at radius 2 is 1.88 bits per heavy atom. The monoisotopic (exact) mass is 454 g/mol. The molecule has 0 saturated carbocycles. The Hall–Kier alpha value is -1.86. The molecule has 0 aliphatic rings. The number of nitrogens with one attached hydrogen (secondary N) is 1. The number of aryl methyl sites for hydroxylation is 2. The van der Waals surface area contributed by atoms with Crippen molar-refractivity contribution in [1.82, 2.24) is 5.43 Å². The second kappa shape index (κ2) is 8.30. The van der Waals surface area contributed by atoms with Gasteiger partial charge in [0.15, 0.2) is 0 Å². The van der Waals surface area contributed by atoms with Gasteiger partial charge in [-0.1, -0.05) is 29.8 Å². The van der Waals surface area contributed by atoms with Gasteiger partial charge in [0.25, 0.3) is 0 Å². The number of aromatic hydroxyl groups is 2. The van der Waals surface area contributed by atoms with Crippen LogP contribution in [0.1, 0.15) is 23.1 Å². The third-order valence-electron chi connectivity index (χ3n) is 3.35. The summed E-state index contributed by atoms with van der Waals surface area (Å²) in [6.07, 6.45) is 2.26. The van der Waals surface area contributed by atoms with Gasteiger partial charge in [-0.25, -0.2) is 5.43 Å².